The molecule has 0 unspecified atom stereocenters. The molecule has 112 valence electrons. The highest BCUT2D eigenvalue weighted by atomic mass is 16.4. The molecule has 0 aromatic heterocycles. The highest BCUT2D eigenvalue weighted by Crippen LogP contribution is 2.09. The summed E-state index contributed by atoms with van der Waals surface area (Å²) in [4.78, 5) is 43.7. The zero-order chi connectivity index (χ0) is 16.0. The second-order valence-corrected chi connectivity index (χ2v) is 4.03. The van der Waals surface area contributed by atoms with Gasteiger partial charge in [-0.2, -0.15) is 0 Å². The molecule has 0 bridgehead atoms. The Morgan fingerprint density at radius 2 is 1.67 bits per heavy atom. The van der Waals surface area contributed by atoms with Gasteiger partial charge in [-0.3, -0.25) is 9.59 Å². The van der Waals surface area contributed by atoms with Crippen molar-refractivity contribution in [2.75, 3.05) is 5.32 Å². The lowest BCUT2D eigenvalue weighted by atomic mass is 10.2. The van der Waals surface area contributed by atoms with E-state index in [4.69, 9.17) is 15.9 Å². The average Bonchev–Trinajstić information content (AvgIpc) is 2.37. The van der Waals surface area contributed by atoms with Crippen LogP contribution < -0.4 is 16.4 Å². The van der Waals surface area contributed by atoms with E-state index in [0.29, 0.717) is 0 Å². The lowest BCUT2D eigenvalue weighted by Crippen LogP contribution is -2.44. The van der Waals surface area contributed by atoms with E-state index < -0.39 is 36.3 Å². The maximum atomic E-state index is 11.6. The van der Waals surface area contributed by atoms with Crippen molar-refractivity contribution in [3.63, 3.8) is 0 Å². The number of carboxylic acids is 2. The number of hydrogen-bond donors (Lipinski definition) is 5. The van der Waals surface area contributed by atoms with Crippen LogP contribution in [-0.4, -0.2) is 40.1 Å². The van der Waals surface area contributed by atoms with Gasteiger partial charge in [0.25, 0.3) is 0 Å². The smallest absolute Gasteiger partial charge is 0.326 e. The van der Waals surface area contributed by atoms with Gasteiger partial charge in [-0.1, -0.05) is 0 Å². The Morgan fingerprint density at radius 3 is 2.10 bits per heavy atom. The van der Waals surface area contributed by atoms with Crippen molar-refractivity contribution in [1.82, 2.24) is 5.32 Å². The summed E-state index contributed by atoms with van der Waals surface area (Å²) in [7, 11) is 0. The van der Waals surface area contributed by atoms with E-state index in [0.717, 1.165) is 0 Å². The van der Waals surface area contributed by atoms with Crippen molar-refractivity contribution in [2.45, 2.75) is 12.5 Å². The molecule has 9 nitrogen and oxygen atoms in total. The van der Waals surface area contributed by atoms with Crippen molar-refractivity contribution < 1.29 is 29.4 Å². The summed E-state index contributed by atoms with van der Waals surface area (Å²) < 4.78 is 0. The molecule has 0 saturated carbocycles. The summed E-state index contributed by atoms with van der Waals surface area (Å²) in [5.74, 6) is -3.44. The van der Waals surface area contributed by atoms with E-state index in [1.807, 2.05) is 5.32 Å². The molecule has 0 fully saturated rings. The number of aliphatic carboxylic acids is 2. The Balaban J connectivity index is 2.65. The zero-order valence-corrected chi connectivity index (χ0v) is 10.7. The lowest BCUT2D eigenvalue weighted by Gasteiger charge is -2.13. The molecule has 1 rings (SSSR count). The highest BCUT2D eigenvalue weighted by Gasteiger charge is 2.22. The number of anilines is 1. The van der Waals surface area contributed by atoms with Crippen LogP contribution in [-0.2, 0) is 9.59 Å². The number of rotatable bonds is 6. The van der Waals surface area contributed by atoms with Crippen LogP contribution in [0.3, 0.4) is 0 Å². The normalized spacial score (nSPS) is 11.2. The Hall–Kier alpha value is -3.10. The molecule has 0 aliphatic heterocycles. The Kier molecular flexibility index (Phi) is 5.24. The predicted octanol–water partition coefficient (Wildman–Crippen LogP) is -0.165. The molecule has 21 heavy (non-hydrogen) atoms. The van der Waals surface area contributed by atoms with Gasteiger partial charge in [0.05, 0.1) is 6.42 Å². The molecule has 6 N–H and O–H groups in total. The van der Waals surface area contributed by atoms with Crippen LogP contribution in [0, 0.1) is 0 Å². The minimum Gasteiger partial charge on any atom is -0.481 e. The van der Waals surface area contributed by atoms with E-state index >= 15 is 0 Å². The minimum absolute atomic E-state index is 0.246. The third kappa shape index (κ3) is 5.19. The molecule has 0 spiro atoms. The number of carbonyl (C=O) groups is 4. The molecule has 1 aromatic rings. The van der Waals surface area contributed by atoms with Gasteiger partial charge in [-0.25, -0.2) is 9.59 Å². The van der Waals surface area contributed by atoms with Crippen molar-refractivity contribution in [2.24, 2.45) is 5.73 Å². The van der Waals surface area contributed by atoms with Crippen molar-refractivity contribution >= 4 is 29.6 Å². The fourth-order valence-electron chi connectivity index (χ4n) is 1.42. The SMILES string of the molecule is NC(=O)c1ccc(NC(=O)N[C@H](CC(=O)O)C(=O)O)cc1. The van der Waals surface area contributed by atoms with Crippen LogP contribution in [0.25, 0.3) is 0 Å². The Morgan fingerprint density at radius 1 is 1.10 bits per heavy atom. The molecule has 0 aliphatic carbocycles. The van der Waals surface area contributed by atoms with Crippen molar-refractivity contribution in [3.8, 4) is 0 Å². The number of benzene rings is 1. The quantitative estimate of drug-likeness (QED) is 0.490. The number of nitrogens with two attached hydrogens (primary N) is 1. The first-order chi connectivity index (χ1) is 9.79. The molecule has 0 heterocycles. The third-order valence-corrected chi connectivity index (χ3v) is 2.41. The van der Waals surface area contributed by atoms with Crippen LogP contribution in [0.15, 0.2) is 24.3 Å². The monoisotopic (exact) mass is 295 g/mol. The largest absolute Gasteiger partial charge is 0.481 e. The highest BCUT2D eigenvalue weighted by molar-refractivity contribution is 5.95. The standard InChI is InChI=1S/C12H13N3O6/c13-10(18)6-1-3-7(4-2-6)14-12(21)15-8(11(19)20)5-9(16)17/h1-4,8H,5H2,(H2,13,18)(H,16,17)(H,19,20)(H2,14,15,21)/t8-/m1/s1. The molecule has 1 atom stereocenters. The van der Waals surface area contributed by atoms with Crippen LogP contribution in [0.4, 0.5) is 10.5 Å². The van der Waals surface area contributed by atoms with Crippen LogP contribution in [0.2, 0.25) is 0 Å². The summed E-state index contributed by atoms with van der Waals surface area (Å²) in [6.45, 7) is 0. The minimum atomic E-state index is -1.55. The van der Waals surface area contributed by atoms with Crippen LogP contribution in [0.1, 0.15) is 16.8 Å². The molecule has 1 aromatic carbocycles. The molecule has 3 amide bonds. The number of primary amides is 1. The predicted molar refractivity (Wildman–Crippen MR) is 70.8 cm³/mol. The summed E-state index contributed by atoms with van der Waals surface area (Å²) in [5.41, 5.74) is 5.59. The topological polar surface area (TPSA) is 159 Å². The van der Waals surface area contributed by atoms with Gasteiger partial charge in [0.2, 0.25) is 5.91 Å². The molecular weight excluding hydrogens is 282 g/mol. The molecule has 9 heteroatoms. The van der Waals surface area contributed by atoms with E-state index in [-0.39, 0.29) is 11.3 Å². The Labute approximate surface area is 118 Å². The van der Waals surface area contributed by atoms with E-state index in [1.165, 1.54) is 24.3 Å². The van der Waals surface area contributed by atoms with Crippen LogP contribution >= 0.6 is 0 Å². The second kappa shape index (κ2) is 6.89. The second-order valence-electron chi connectivity index (χ2n) is 4.03. The number of carbonyl (C=O) groups excluding carboxylic acids is 2. The number of amides is 3. The average molecular weight is 295 g/mol. The Bertz CT molecular complexity index is 569. The van der Waals surface area contributed by atoms with Crippen molar-refractivity contribution in [3.05, 3.63) is 29.8 Å². The van der Waals surface area contributed by atoms with E-state index in [1.54, 1.807) is 0 Å². The van der Waals surface area contributed by atoms with Gasteiger partial charge in [-0.05, 0) is 24.3 Å². The molecular formula is C12H13N3O6. The van der Waals surface area contributed by atoms with E-state index in [2.05, 4.69) is 5.32 Å². The molecule has 0 saturated heterocycles. The number of urea groups is 1. The molecule has 0 radical (unpaired) electrons. The van der Waals surface area contributed by atoms with Crippen LogP contribution in [0.5, 0.6) is 0 Å². The fourth-order valence-corrected chi connectivity index (χ4v) is 1.42. The number of hydrogen-bond acceptors (Lipinski definition) is 4. The van der Waals surface area contributed by atoms with Gasteiger partial charge in [-0.15, -0.1) is 0 Å². The van der Waals surface area contributed by atoms with Gasteiger partial charge in [0.15, 0.2) is 0 Å². The maximum Gasteiger partial charge on any atom is 0.326 e. The first-order valence-electron chi connectivity index (χ1n) is 5.71. The van der Waals surface area contributed by atoms with Crippen molar-refractivity contribution in [1.29, 1.82) is 0 Å². The maximum absolute atomic E-state index is 11.6. The number of carboxylic acid groups (broad SMARTS) is 2. The zero-order valence-electron chi connectivity index (χ0n) is 10.7. The summed E-state index contributed by atoms with van der Waals surface area (Å²) in [6.07, 6.45) is -0.747. The van der Waals surface area contributed by atoms with Gasteiger partial charge >= 0.3 is 18.0 Å². The first kappa shape index (κ1) is 16.0. The van der Waals surface area contributed by atoms with Gasteiger partial charge in [0, 0.05) is 11.3 Å². The first-order valence-corrected chi connectivity index (χ1v) is 5.71. The fraction of sp³-hybridized carbons (Fsp3) is 0.167. The van der Waals surface area contributed by atoms with Gasteiger partial charge in [0.1, 0.15) is 6.04 Å². The third-order valence-electron chi connectivity index (χ3n) is 2.41. The molecule has 0 aliphatic rings. The number of nitrogens with one attached hydrogen (secondary N) is 2. The summed E-state index contributed by atoms with van der Waals surface area (Å²) in [6, 6.07) is 3.12. The van der Waals surface area contributed by atoms with Gasteiger partial charge < -0.3 is 26.6 Å². The van der Waals surface area contributed by atoms with E-state index in [9.17, 15) is 19.2 Å². The lowest BCUT2D eigenvalue weighted by molar-refractivity contribution is -0.145. The summed E-state index contributed by atoms with van der Waals surface area (Å²) in [5, 5.41) is 21.6. The summed E-state index contributed by atoms with van der Waals surface area (Å²) >= 11 is 0.